The molecule has 0 bridgehead atoms. The second-order valence-electron chi connectivity index (χ2n) is 3.51. The number of likely N-dealkylation sites (tertiary alicyclic amines) is 1. The van der Waals surface area contributed by atoms with Gasteiger partial charge in [0, 0.05) is 30.3 Å². The maximum Gasteiger partial charge on any atom is 0.405 e. The summed E-state index contributed by atoms with van der Waals surface area (Å²) >= 11 is 5.26. The van der Waals surface area contributed by atoms with Gasteiger partial charge in [0.1, 0.15) is 0 Å². The molecule has 1 aliphatic rings. The van der Waals surface area contributed by atoms with Crippen LogP contribution in [0.1, 0.15) is 18.2 Å². The molecule has 1 atom stereocenters. The molecular weight excluding hydrogens is 214 g/mol. The van der Waals surface area contributed by atoms with Gasteiger partial charge >= 0.3 is 5.43 Å². The summed E-state index contributed by atoms with van der Waals surface area (Å²) in [6, 6.07) is 9.64. The van der Waals surface area contributed by atoms with Gasteiger partial charge in [0.2, 0.25) is 0 Å². The zero-order valence-corrected chi connectivity index (χ0v) is 8.98. The second-order valence-corrected chi connectivity index (χ2v) is 3.82. The van der Waals surface area contributed by atoms with Crippen LogP contribution in [0.2, 0.25) is 0 Å². The second kappa shape index (κ2) is 4.64. The summed E-state index contributed by atoms with van der Waals surface area (Å²) in [5.41, 5.74) is 0.210. The van der Waals surface area contributed by atoms with Crippen molar-refractivity contribution in [2.75, 3.05) is 13.1 Å². The smallest absolute Gasteiger partial charge is 0.405 e. The van der Waals surface area contributed by atoms with E-state index in [2.05, 4.69) is 4.90 Å². The molecule has 1 aromatic rings. The first-order valence-corrected chi connectivity index (χ1v) is 5.30. The van der Waals surface area contributed by atoms with Gasteiger partial charge in [0.15, 0.2) is 6.23 Å². The molecule has 4 heteroatoms. The Morgan fingerprint density at radius 2 is 2.00 bits per heavy atom. The average Bonchev–Trinajstić information content (AvgIpc) is 2.15. The predicted octanol–water partition coefficient (Wildman–Crippen LogP) is 2.77. The third-order valence-electron chi connectivity index (χ3n) is 2.51. The maximum absolute atomic E-state index is 10.8. The molecule has 0 N–H and O–H groups in total. The minimum atomic E-state index is -0.754. The van der Waals surface area contributed by atoms with E-state index in [-0.39, 0.29) is 6.23 Å². The van der Waals surface area contributed by atoms with Crippen molar-refractivity contribution in [2.24, 2.45) is 0 Å². The van der Waals surface area contributed by atoms with Crippen molar-refractivity contribution in [3.05, 3.63) is 35.9 Å². The van der Waals surface area contributed by atoms with Crippen LogP contribution in [-0.2, 0) is 4.74 Å². The van der Waals surface area contributed by atoms with E-state index in [9.17, 15) is 4.79 Å². The highest BCUT2D eigenvalue weighted by atomic mass is 35.5. The lowest BCUT2D eigenvalue weighted by Crippen LogP contribution is -2.41. The largest absolute Gasteiger partial charge is 0.430 e. The van der Waals surface area contributed by atoms with E-state index in [1.54, 1.807) is 0 Å². The number of ether oxygens (including phenoxy) is 1. The summed E-state index contributed by atoms with van der Waals surface area (Å²) in [4.78, 5) is 12.9. The molecule has 0 spiro atoms. The first-order valence-electron chi connectivity index (χ1n) is 4.92. The standard InChI is InChI=1S/C11H12ClNO2/c12-11(14)15-10(13-7-4-8-13)9-5-2-1-3-6-9/h1-3,5-6,10H,4,7-8H2. The topological polar surface area (TPSA) is 29.5 Å². The molecule has 0 amide bonds. The van der Waals surface area contributed by atoms with Crippen LogP contribution in [0, 0.1) is 0 Å². The fourth-order valence-corrected chi connectivity index (χ4v) is 1.72. The van der Waals surface area contributed by atoms with E-state index < -0.39 is 5.43 Å². The van der Waals surface area contributed by atoms with Gasteiger partial charge in [-0.1, -0.05) is 30.3 Å². The number of carbonyl (C=O) groups is 1. The van der Waals surface area contributed by atoms with E-state index in [4.69, 9.17) is 16.3 Å². The number of hydrogen-bond donors (Lipinski definition) is 0. The van der Waals surface area contributed by atoms with Gasteiger partial charge in [-0.3, -0.25) is 4.90 Å². The van der Waals surface area contributed by atoms with Crippen molar-refractivity contribution in [1.29, 1.82) is 0 Å². The highest BCUT2D eigenvalue weighted by Gasteiger charge is 2.27. The lowest BCUT2D eigenvalue weighted by atomic mass is 10.1. The third-order valence-corrected chi connectivity index (χ3v) is 2.60. The molecule has 15 heavy (non-hydrogen) atoms. The Balaban J connectivity index is 2.14. The lowest BCUT2D eigenvalue weighted by Gasteiger charge is -2.37. The number of halogens is 1. The monoisotopic (exact) mass is 225 g/mol. The van der Waals surface area contributed by atoms with Crippen molar-refractivity contribution < 1.29 is 9.53 Å². The Hall–Kier alpha value is -1.06. The van der Waals surface area contributed by atoms with Crippen LogP contribution in [0.15, 0.2) is 30.3 Å². The average molecular weight is 226 g/mol. The fraction of sp³-hybridized carbons (Fsp3) is 0.364. The molecule has 1 aromatic carbocycles. The van der Waals surface area contributed by atoms with Gasteiger partial charge in [0.25, 0.3) is 0 Å². The van der Waals surface area contributed by atoms with Crippen molar-refractivity contribution in [3.63, 3.8) is 0 Å². The number of rotatable bonds is 3. The molecule has 0 aromatic heterocycles. The van der Waals surface area contributed by atoms with Crippen LogP contribution in [0.5, 0.6) is 0 Å². The van der Waals surface area contributed by atoms with E-state index in [0.29, 0.717) is 0 Å². The predicted molar refractivity (Wildman–Crippen MR) is 57.7 cm³/mol. The van der Waals surface area contributed by atoms with E-state index >= 15 is 0 Å². The maximum atomic E-state index is 10.8. The van der Waals surface area contributed by atoms with Crippen molar-refractivity contribution in [1.82, 2.24) is 4.90 Å². The van der Waals surface area contributed by atoms with Gasteiger partial charge in [-0.15, -0.1) is 0 Å². The zero-order chi connectivity index (χ0) is 10.7. The molecule has 3 nitrogen and oxygen atoms in total. The summed E-state index contributed by atoms with van der Waals surface area (Å²) in [6.45, 7) is 1.90. The van der Waals surface area contributed by atoms with Crippen molar-refractivity contribution in [3.8, 4) is 0 Å². The minimum Gasteiger partial charge on any atom is -0.430 e. The van der Waals surface area contributed by atoms with Crippen LogP contribution in [0.3, 0.4) is 0 Å². The van der Waals surface area contributed by atoms with Gasteiger partial charge in [-0.05, 0) is 6.42 Å². The minimum absolute atomic E-state index is 0.329. The van der Waals surface area contributed by atoms with Gasteiger partial charge in [-0.25, -0.2) is 4.79 Å². The molecule has 0 aliphatic carbocycles. The number of carbonyl (C=O) groups excluding carboxylic acids is 1. The zero-order valence-electron chi connectivity index (χ0n) is 8.23. The molecule has 1 fully saturated rings. The number of hydrogen-bond acceptors (Lipinski definition) is 3. The summed E-state index contributed by atoms with van der Waals surface area (Å²) in [5, 5.41) is 0. The summed E-state index contributed by atoms with van der Waals surface area (Å²) in [5.74, 6) is 0. The number of benzene rings is 1. The summed E-state index contributed by atoms with van der Waals surface area (Å²) < 4.78 is 5.09. The van der Waals surface area contributed by atoms with Gasteiger partial charge in [-0.2, -0.15) is 0 Å². The van der Waals surface area contributed by atoms with Crippen molar-refractivity contribution >= 4 is 17.0 Å². The Kier molecular flexibility index (Phi) is 3.23. The van der Waals surface area contributed by atoms with Crippen molar-refractivity contribution in [2.45, 2.75) is 12.6 Å². The lowest BCUT2D eigenvalue weighted by molar-refractivity contribution is -0.0387. The quantitative estimate of drug-likeness (QED) is 0.741. The highest BCUT2D eigenvalue weighted by molar-refractivity contribution is 6.61. The molecule has 1 heterocycles. The van der Waals surface area contributed by atoms with Crippen LogP contribution in [-0.4, -0.2) is 23.4 Å². The highest BCUT2D eigenvalue weighted by Crippen LogP contribution is 2.27. The molecule has 80 valence electrons. The molecule has 1 aliphatic heterocycles. The van der Waals surface area contributed by atoms with E-state index in [0.717, 1.165) is 25.1 Å². The molecule has 0 saturated carbocycles. The first kappa shape index (κ1) is 10.5. The van der Waals surface area contributed by atoms with Crippen LogP contribution in [0.4, 0.5) is 4.79 Å². The van der Waals surface area contributed by atoms with Crippen LogP contribution < -0.4 is 0 Å². The summed E-state index contributed by atoms with van der Waals surface area (Å²) in [7, 11) is 0. The molecule has 0 radical (unpaired) electrons. The normalized spacial score (nSPS) is 17.9. The summed E-state index contributed by atoms with van der Waals surface area (Å²) in [6.07, 6.45) is 0.813. The SMILES string of the molecule is O=C(Cl)OC(c1ccccc1)N1CCC1. The Morgan fingerprint density at radius 1 is 1.33 bits per heavy atom. The van der Waals surface area contributed by atoms with Gasteiger partial charge < -0.3 is 4.74 Å². The van der Waals surface area contributed by atoms with Crippen LogP contribution >= 0.6 is 11.6 Å². The molecule has 1 unspecified atom stereocenters. The van der Waals surface area contributed by atoms with Gasteiger partial charge in [0.05, 0.1) is 0 Å². The van der Waals surface area contributed by atoms with E-state index in [1.165, 1.54) is 0 Å². The van der Waals surface area contributed by atoms with Crippen LogP contribution in [0.25, 0.3) is 0 Å². The number of nitrogens with zero attached hydrogens (tertiary/aromatic N) is 1. The molecule has 2 rings (SSSR count). The van der Waals surface area contributed by atoms with E-state index in [1.807, 2.05) is 30.3 Å². The third kappa shape index (κ3) is 2.49. The molecule has 1 saturated heterocycles. The fourth-order valence-electron chi connectivity index (χ4n) is 1.63. The Bertz CT molecular complexity index is 338. The Labute approximate surface area is 93.6 Å². The first-order chi connectivity index (χ1) is 7.27. The Morgan fingerprint density at radius 3 is 2.47 bits per heavy atom. The molecular formula is C11H12ClNO2.